The molecule has 0 saturated heterocycles. The molecule has 1 N–H and O–H groups in total. The molecule has 0 spiro atoms. The van der Waals surface area contributed by atoms with E-state index in [1.54, 1.807) is 11.3 Å². The van der Waals surface area contributed by atoms with E-state index < -0.39 is 0 Å². The van der Waals surface area contributed by atoms with E-state index in [0.29, 0.717) is 0 Å². The third kappa shape index (κ3) is 2.91. The summed E-state index contributed by atoms with van der Waals surface area (Å²) < 4.78 is 1.16. The third-order valence-electron chi connectivity index (χ3n) is 2.59. The molecule has 17 heavy (non-hydrogen) atoms. The van der Waals surface area contributed by atoms with Crippen LogP contribution in [0, 0.1) is 6.92 Å². The molecule has 4 heteroatoms. The summed E-state index contributed by atoms with van der Waals surface area (Å²) in [7, 11) is 1.97. The van der Waals surface area contributed by atoms with Gasteiger partial charge in [-0.1, -0.05) is 23.7 Å². The molecule has 0 amide bonds. The van der Waals surface area contributed by atoms with Gasteiger partial charge in [0, 0.05) is 19.2 Å². The van der Waals surface area contributed by atoms with Gasteiger partial charge in [0.25, 0.3) is 0 Å². The van der Waals surface area contributed by atoms with Crippen molar-refractivity contribution in [3.8, 4) is 0 Å². The summed E-state index contributed by atoms with van der Waals surface area (Å²) in [5.74, 6) is 0. The van der Waals surface area contributed by atoms with Crippen LogP contribution in [-0.2, 0) is 0 Å². The largest absolute Gasteiger partial charge is 0.309 e. The minimum Gasteiger partial charge on any atom is -0.309 e. The maximum atomic E-state index is 5.91. The van der Waals surface area contributed by atoms with Crippen LogP contribution in [0.2, 0.25) is 5.02 Å². The van der Waals surface area contributed by atoms with E-state index >= 15 is 0 Å². The molecule has 0 fully saturated rings. The van der Waals surface area contributed by atoms with Crippen molar-refractivity contribution in [2.45, 2.75) is 13.0 Å². The van der Waals surface area contributed by atoms with Crippen molar-refractivity contribution >= 4 is 38.9 Å². The van der Waals surface area contributed by atoms with E-state index in [1.807, 2.05) is 19.2 Å². The molecule has 0 bridgehead atoms. The SMILES string of the molecule is CNC(c1ccc(Cl)cc1)c1sc(C)cc1Br. The van der Waals surface area contributed by atoms with Crippen molar-refractivity contribution < 1.29 is 0 Å². The Morgan fingerprint density at radius 3 is 2.41 bits per heavy atom. The molecule has 1 nitrogen and oxygen atoms in total. The molecular formula is C13H13BrClNS. The summed E-state index contributed by atoms with van der Waals surface area (Å²) in [5.41, 5.74) is 1.22. The van der Waals surface area contributed by atoms with Gasteiger partial charge in [0.1, 0.15) is 0 Å². The maximum absolute atomic E-state index is 5.91. The summed E-state index contributed by atoms with van der Waals surface area (Å²) in [5, 5.41) is 4.11. The third-order valence-corrected chi connectivity index (χ3v) is 4.88. The smallest absolute Gasteiger partial charge is 0.0680 e. The van der Waals surface area contributed by atoms with Crippen LogP contribution >= 0.6 is 38.9 Å². The number of rotatable bonds is 3. The second kappa shape index (κ2) is 5.53. The predicted molar refractivity (Wildman–Crippen MR) is 79.1 cm³/mol. The topological polar surface area (TPSA) is 12.0 Å². The molecular weight excluding hydrogens is 318 g/mol. The number of hydrogen-bond acceptors (Lipinski definition) is 2. The van der Waals surface area contributed by atoms with Crippen LogP contribution in [0.4, 0.5) is 0 Å². The van der Waals surface area contributed by atoms with Gasteiger partial charge < -0.3 is 5.32 Å². The summed E-state index contributed by atoms with van der Waals surface area (Å²) in [6.45, 7) is 2.12. The fraction of sp³-hybridized carbons (Fsp3) is 0.231. The Bertz CT molecular complexity index is 507. The number of thiophene rings is 1. The van der Waals surface area contributed by atoms with E-state index in [2.05, 4.69) is 46.4 Å². The highest BCUT2D eigenvalue weighted by Gasteiger charge is 2.17. The van der Waals surface area contributed by atoms with Crippen LogP contribution in [0.3, 0.4) is 0 Å². The number of hydrogen-bond donors (Lipinski definition) is 1. The van der Waals surface area contributed by atoms with Crippen molar-refractivity contribution in [3.63, 3.8) is 0 Å². The first-order chi connectivity index (χ1) is 8.11. The molecule has 0 saturated carbocycles. The second-order valence-electron chi connectivity index (χ2n) is 3.84. The molecule has 1 heterocycles. The van der Waals surface area contributed by atoms with Crippen LogP contribution in [0.15, 0.2) is 34.8 Å². The lowest BCUT2D eigenvalue weighted by molar-refractivity contribution is 0.701. The molecule has 0 radical (unpaired) electrons. The van der Waals surface area contributed by atoms with E-state index in [-0.39, 0.29) is 6.04 Å². The Morgan fingerprint density at radius 1 is 1.29 bits per heavy atom. The van der Waals surface area contributed by atoms with Gasteiger partial charge in [0.15, 0.2) is 0 Å². The lowest BCUT2D eigenvalue weighted by atomic mass is 10.1. The van der Waals surface area contributed by atoms with Crippen LogP contribution in [0.1, 0.15) is 21.4 Å². The van der Waals surface area contributed by atoms with Crippen LogP contribution in [0.5, 0.6) is 0 Å². The van der Waals surface area contributed by atoms with Crippen LogP contribution in [-0.4, -0.2) is 7.05 Å². The summed E-state index contributed by atoms with van der Waals surface area (Å²) >= 11 is 11.3. The Kier molecular flexibility index (Phi) is 4.26. The first kappa shape index (κ1) is 13.1. The van der Waals surface area contributed by atoms with Gasteiger partial charge in [0.2, 0.25) is 0 Å². The lowest BCUT2D eigenvalue weighted by Gasteiger charge is -2.16. The molecule has 90 valence electrons. The van der Waals surface area contributed by atoms with Crippen molar-refractivity contribution in [3.05, 3.63) is 55.1 Å². The Labute approximate surface area is 119 Å². The Hall–Kier alpha value is -0.350. The number of aryl methyl sites for hydroxylation is 1. The Morgan fingerprint density at radius 2 is 1.94 bits per heavy atom. The summed E-state index contributed by atoms with van der Waals surface area (Å²) in [6, 6.07) is 10.3. The van der Waals surface area contributed by atoms with Gasteiger partial charge in [-0.05, 0) is 53.7 Å². The molecule has 1 unspecified atom stereocenters. The van der Waals surface area contributed by atoms with Gasteiger partial charge in [-0.15, -0.1) is 11.3 Å². The van der Waals surface area contributed by atoms with Crippen LogP contribution < -0.4 is 5.32 Å². The first-order valence-corrected chi connectivity index (χ1v) is 7.29. The number of nitrogens with one attached hydrogen (secondary N) is 1. The highest BCUT2D eigenvalue weighted by atomic mass is 79.9. The van der Waals surface area contributed by atoms with Crippen LogP contribution in [0.25, 0.3) is 0 Å². The molecule has 0 aliphatic carbocycles. The van der Waals surface area contributed by atoms with E-state index in [0.717, 1.165) is 9.50 Å². The number of halogens is 2. The molecule has 1 atom stereocenters. The zero-order valence-electron chi connectivity index (χ0n) is 9.63. The molecule has 1 aromatic heterocycles. The summed E-state index contributed by atoms with van der Waals surface area (Å²) in [6.07, 6.45) is 0. The van der Waals surface area contributed by atoms with Crippen molar-refractivity contribution in [2.24, 2.45) is 0 Å². The van der Waals surface area contributed by atoms with E-state index in [4.69, 9.17) is 11.6 Å². The molecule has 0 aliphatic heterocycles. The highest BCUT2D eigenvalue weighted by molar-refractivity contribution is 9.10. The minimum absolute atomic E-state index is 0.209. The monoisotopic (exact) mass is 329 g/mol. The molecule has 1 aromatic carbocycles. The van der Waals surface area contributed by atoms with Crippen molar-refractivity contribution in [1.82, 2.24) is 5.32 Å². The first-order valence-electron chi connectivity index (χ1n) is 5.30. The molecule has 2 rings (SSSR count). The van der Waals surface area contributed by atoms with Gasteiger partial charge in [-0.3, -0.25) is 0 Å². The standard InChI is InChI=1S/C13H13BrClNS/c1-8-7-11(14)13(17-8)12(16-2)9-3-5-10(15)6-4-9/h3-7,12,16H,1-2H3. The highest BCUT2D eigenvalue weighted by Crippen LogP contribution is 2.35. The van der Waals surface area contributed by atoms with E-state index in [9.17, 15) is 0 Å². The summed E-state index contributed by atoms with van der Waals surface area (Å²) in [4.78, 5) is 2.61. The zero-order valence-corrected chi connectivity index (χ0v) is 12.8. The fourth-order valence-corrected chi connectivity index (χ4v) is 3.95. The maximum Gasteiger partial charge on any atom is 0.0680 e. The van der Waals surface area contributed by atoms with E-state index in [1.165, 1.54) is 15.3 Å². The van der Waals surface area contributed by atoms with Gasteiger partial charge in [-0.25, -0.2) is 0 Å². The zero-order chi connectivity index (χ0) is 12.4. The van der Waals surface area contributed by atoms with Crippen molar-refractivity contribution in [1.29, 1.82) is 0 Å². The number of benzene rings is 1. The minimum atomic E-state index is 0.209. The average molecular weight is 331 g/mol. The Balaban J connectivity index is 2.39. The fourth-order valence-electron chi connectivity index (χ4n) is 1.80. The second-order valence-corrected chi connectivity index (χ2v) is 6.42. The van der Waals surface area contributed by atoms with Gasteiger partial charge in [0.05, 0.1) is 6.04 Å². The quantitative estimate of drug-likeness (QED) is 0.854. The van der Waals surface area contributed by atoms with Gasteiger partial charge >= 0.3 is 0 Å². The normalized spacial score (nSPS) is 12.7. The van der Waals surface area contributed by atoms with Crippen molar-refractivity contribution in [2.75, 3.05) is 7.05 Å². The predicted octanol–water partition coefficient (Wildman–Crippen LogP) is 4.78. The average Bonchev–Trinajstić information content (AvgIpc) is 2.62. The lowest BCUT2D eigenvalue weighted by Crippen LogP contribution is -2.16. The van der Waals surface area contributed by atoms with Gasteiger partial charge in [-0.2, -0.15) is 0 Å². The molecule has 0 aliphatic rings. The molecule has 2 aromatic rings.